The van der Waals surface area contributed by atoms with Crippen LogP contribution >= 0.6 is 0 Å². The summed E-state index contributed by atoms with van der Waals surface area (Å²) < 4.78 is 0. The summed E-state index contributed by atoms with van der Waals surface area (Å²) in [6.45, 7) is 0.611. The van der Waals surface area contributed by atoms with Gasteiger partial charge in [-0.3, -0.25) is 9.78 Å². The van der Waals surface area contributed by atoms with Crippen LogP contribution in [0.4, 0.5) is 5.82 Å². The smallest absolute Gasteiger partial charge is 0.239 e. The molecule has 0 bridgehead atoms. The number of nitrogens with zero attached hydrogens (tertiary/aromatic N) is 3. The predicted octanol–water partition coefficient (Wildman–Crippen LogP) is 1.75. The Morgan fingerprint density at radius 3 is 2.86 bits per heavy atom. The summed E-state index contributed by atoms with van der Waals surface area (Å²) in [5.41, 5.74) is 1.80. The van der Waals surface area contributed by atoms with Crippen molar-refractivity contribution in [2.45, 2.75) is 6.54 Å². The molecule has 0 spiro atoms. The van der Waals surface area contributed by atoms with Crippen LogP contribution < -0.4 is 10.6 Å². The van der Waals surface area contributed by atoms with Crippen LogP contribution in [-0.4, -0.2) is 27.4 Å². The number of carbonyl (C=O) groups excluding carboxylic acids is 1. The Morgan fingerprint density at radius 2 is 2.00 bits per heavy atom. The van der Waals surface area contributed by atoms with Crippen LogP contribution in [0, 0.1) is 0 Å². The second-order valence-electron chi connectivity index (χ2n) is 4.73. The van der Waals surface area contributed by atoms with Gasteiger partial charge in [0, 0.05) is 24.3 Å². The number of carbonyl (C=O) groups is 1. The number of nitrogens with one attached hydrogen (secondary N) is 2. The summed E-state index contributed by atoms with van der Waals surface area (Å²) in [5, 5.41) is 6.77. The highest BCUT2D eigenvalue weighted by atomic mass is 16.1. The lowest BCUT2D eigenvalue weighted by molar-refractivity contribution is -0.119. The number of amides is 1. The van der Waals surface area contributed by atoms with Crippen molar-refractivity contribution in [2.75, 3.05) is 11.9 Å². The molecule has 0 aliphatic rings. The molecule has 110 valence electrons. The average molecular weight is 293 g/mol. The molecule has 0 radical (unpaired) electrons. The molecule has 6 nitrogen and oxygen atoms in total. The Balaban J connectivity index is 1.58. The summed E-state index contributed by atoms with van der Waals surface area (Å²) in [4.78, 5) is 24.3. The van der Waals surface area contributed by atoms with Crippen molar-refractivity contribution in [2.24, 2.45) is 0 Å². The largest absolute Gasteiger partial charge is 0.360 e. The van der Waals surface area contributed by atoms with Gasteiger partial charge in [0.15, 0.2) is 0 Å². The minimum Gasteiger partial charge on any atom is -0.360 e. The minimum absolute atomic E-state index is 0.105. The number of rotatable bonds is 5. The van der Waals surface area contributed by atoms with E-state index in [1.165, 1.54) is 6.33 Å². The third-order valence-corrected chi connectivity index (χ3v) is 3.17. The first-order chi connectivity index (χ1) is 10.8. The normalized spacial score (nSPS) is 10.4. The van der Waals surface area contributed by atoms with Gasteiger partial charge in [-0.1, -0.05) is 18.2 Å². The summed E-state index contributed by atoms with van der Waals surface area (Å²) in [6, 6.07) is 11.4. The number of benzene rings is 1. The first-order valence-electron chi connectivity index (χ1n) is 6.92. The van der Waals surface area contributed by atoms with Crippen LogP contribution in [-0.2, 0) is 11.3 Å². The molecule has 0 saturated carbocycles. The molecule has 2 aromatic heterocycles. The SMILES string of the molecule is O=C(CNc1ncnc2ccccc12)NCc1cccnc1. The van der Waals surface area contributed by atoms with E-state index in [1.807, 2.05) is 36.4 Å². The Hall–Kier alpha value is -3.02. The molecule has 1 amide bonds. The molecule has 1 aromatic carbocycles. The first kappa shape index (κ1) is 13.9. The minimum atomic E-state index is -0.105. The second-order valence-corrected chi connectivity index (χ2v) is 4.73. The van der Waals surface area contributed by atoms with E-state index in [9.17, 15) is 4.79 Å². The number of fused-ring (bicyclic) bond motifs is 1. The molecule has 0 unspecified atom stereocenters. The number of aromatic nitrogens is 3. The molecule has 0 aliphatic carbocycles. The van der Waals surface area contributed by atoms with Crippen LogP contribution in [0.2, 0.25) is 0 Å². The maximum Gasteiger partial charge on any atom is 0.239 e. The number of para-hydroxylation sites is 1. The molecule has 22 heavy (non-hydrogen) atoms. The lowest BCUT2D eigenvalue weighted by Crippen LogP contribution is -2.29. The molecular formula is C16H15N5O. The van der Waals surface area contributed by atoms with Crippen LogP contribution in [0.3, 0.4) is 0 Å². The fourth-order valence-electron chi connectivity index (χ4n) is 2.08. The quantitative estimate of drug-likeness (QED) is 0.749. The van der Waals surface area contributed by atoms with E-state index in [0.717, 1.165) is 16.5 Å². The Kier molecular flexibility index (Phi) is 4.20. The zero-order valence-electron chi connectivity index (χ0n) is 11.9. The molecule has 0 aliphatic heterocycles. The zero-order chi connectivity index (χ0) is 15.2. The highest BCUT2D eigenvalue weighted by Crippen LogP contribution is 2.17. The number of pyridine rings is 1. The van der Waals surface area contributed by atoms with Crippen molar-refractivity contribution in [1.82, 2.24) is 20.3 Å². The highest BCUT2D eigenvalue weighted by molar-refractivity contribution is 5.90. The summed E-state index contributed by atoms with van der Waals surface area (Å²) >= 11 is 0. The monoisotopic (exact) mass is 293 g/mol. The van der Waals surface area contributed by atoms with E-state index in [2.05, 4.69) is 25.6 Å². The summed E-state index contributed by atoms with van der Waals surface area (Å²) in [5.74, 6) is 0.550. The second kappa shape index (κ2) is 6.62. The number of hydrogen-bond acceptors (Lipinski definition) is 5. The fourth-order valence-corrected chi connectivity index (χ4v) is 2.08. The molecule has 6 heteroatoms. The van der Waals surface area contributed by atoms with Gasteiger partial charge in [0.2, 0.25) is 5.91 Å². The van der Waals surface area contributed by atoms with Crippen molar-refractivity contribution in [3.05, 3.63) is 60.7 Å². The molecule has 3 rings (SSSR count). The maximum absolute atomic E-state index is 11.9. The van der Waals surface area contributed by atoms with E-state index >= 15 is 0 Å². The van der Waals surface area contributed by atoms with E-state index in [-0.39, 0.29) is 12.5 Å². The van der Waals surface area contributed by atoms with Gasteiger partial charge in [0.1, 0.15) is 12.1 Å². The lowest BCUT2D eigenvalue weighted by Gasteiger charge is -2.08. The van der Waals surface area contributed by atoms with Gasteiger partial charge in [-0.25, -0.2) is 9.97 Å². The highest BCUT2D eigenvalue weighted by Gasteiger charge is 2.05. The summed E-state index contributed by atoms with van der Waals surface area (Å²) in [6.07, 6.45) is 4.91. The average Bonchev–Trinajstić information content (AvgIpc) is 2.59. The third-order valence-electron chi connectivity index (χ3n) is 3.17. The van der Waals surface area contributed by atoms with E-state index < -0.39 is 0 Å². The van der Waals surface area contributed by atoms with Crippen LogP contribution in [0.15, 0.2) is 55.1 Å². The van der Waals surface area contributed by atoms with Gasteiger partial charge >= 0.3 is 0 Å². The van der Waals surface area contributed by atoms with Crippen molar-refractivity contribution in [3.63, 3.8) is 0 Å². The number of hydrogen-bond donors (Lipinski definition) is 2. The van der Waals surface area contributed by atoms with Crippen LogP contribution in [0.5, 0.6) is 0 Å². The van der Waals surface area contributed by atoms with Crippen molar-refractivity contribution < 1.29 is 4.79 Å². The summed E-state index contributed by atoms with van der Waals surface area (Å²) in [7, 11) is 0. The van der Waals surface area contributed by atoms with E-state index in [0.29, 0.717) is 12.4 Å². The Labute approximate surface area is 127 Å². The van der Waals surface area contributed by atoms with Crippen molar-refractivity contribution >= 4 is 22.6 Å². The van der Waals surface area contributed by atoms with Gasteiger partial charge in [0.25, 0.3) is 0 Å². The first-order valence-corrected chi connectivity index (χ1v) is 6.92. The molecule has 2 heterocycles. The zero-order valence-corrected chi connectivity index (χ0v) is 11.9. The molecule has 3 aromatic rings. The standard InChI is InChI=1S/C16H15N5O/c22-15(18-9-12-4-3-7-17-8-12)10-19-16-13-5-1-2-6-14(13)20-11-21-16/h1-8,11H,9-10H2,(H,18,22)(H,19,20,21). The van der Waals surface area contributed by atoms with Gasteiger partial charge in [-0.05, 0) is 23.8 Å². The van der Waals surface area contributed by atoms with Crippen molar-refractivity contribution in [3.8, 4) is 0 Å². The topological polar surface area (TPSA) is 79.8 Å². The Bertz CT molecular complexity index is 770. The maximum atomic E-state index is 11.9. The van der Waals surface area contributed by atoms with E-state index in [4.69, 9.17) is 0 Å². The van der Waals surface area contributed by atoms with Crippen LogP contribution in [0.1, 0.15) is 5.56 Å². The van der Waals surface area contributed by atoms with Gasteiger partial charge in [-0.2, -0.15) is 0 Å². The van der Waals surface area contributed by atoms with E-state index in [1.54, 1.807) is 12.4 Å². The molecule has 0 saturated heterocycles. The fraction of sp³-hybridized carbons (Fsp3) is 0.125. The van der Waals surface area contributed by atoms with Crippen molar-refractivity contribution in [1.29, 1.82) is 0 Å². The van der Waals surface area contributed by atoms with Gasteiger partial charge in [-0.15, -0.1) is 0 Å². The Morgan fingerprint density at radius 1 is 1.09 bits per heavy atom. The van der Waals surface area contributed by atoms with Gasteiger partial charge in [0.05, 0.1) is 12.1 Å². The molecular weight excluding hydrogens is 278 g/mol. The lowest BCUT2D eigenvalue weighted by atomic mass is 10.2. The third kappa shape index (κ3) is 3.35. The van der Waals surface area contributed by atoms with Crippen LogP contribution in [0.25, 0.3) is 10.9 Å². The molecule has 0 atom stereocenters. The van der Waals surface area contributed by atoms with Gasteiger partial charge < -0.3 is 10.6 Å². The predicted molar refractivity (Wildman–Crippen MR) is 84.1 cm³/mol. The molecule has 2 N–H and O–H groups in total. The number of anilines is 1. The molecule has 0 fully saturated rings.